The third-order valence-electron chi connectivity index (χ3n) is 4.19. The van der Waals surface area contributed by atoms with E-state index in [9.17, 15) is 4.79 Å². The zero-order chi connectivity index (χ0) is 19.1. The molecule has 140 valence electrons. The molecule has 2 aromatic carbocycles. The summed E-state index contributed by atoms with van der Waals surface area (Å²) in [5.74, 6) is 0.849. The van der Waals surface area contributed by atoms with Crippen molar-refractivity contribution in [3.63, 3.8) is 0 Å². The number of methoxy groups -OCH3 is 1. The van der Waals surface area contributed by atoms with Gasteiger partial charge >= 0.3 is 6.03 Å². The van der Waals surface area contributed by atoms with Crippen LogP contribution in [0, 0.1) is 6.92 Å². The van der Waals surface area contributed by atoms with Crippen molar-refractivity contribution in [1.82, 2.24) is 10.3 Å². The van der Waals surface area contributed by atoms with Crippen molar-refractivity contribution in [3.05, 3.63) is 65.0 Å². The van der Waals surface area contributed by atoms with Gasteiger partial charge in [-0.25, -0.2) is 9.78 Å². The highest BCUT2D eigenvalue weighted by molar-refractivity contribution is 7.14. The Kier molecular flexibility index (Phi) is 6.44. The highest BCUT2D eigenvalue weighted by atomic mass is 32.1. The van der Waals surface area contributed by atoms with Crippen LogP contribution >= 0.6 is 11.3 Å². The quantitative estimate of drug-likeness (QED) is 0.573. The Morgan fingerprint density at radius 1 is 1.19 bits per heavy atom. The van der Waals surface area contributed by atoms with E-state index in [2.05, 4.69) is 27.8 Å². The molecule has 0 unspecified atom stereocenters. The van der Waals surface area contributed by atoms with Gasteiger partial charge < -0.3 is 10.1 Å². The van der Waals surface area contributed by atoms with Crippen LogP contribution in [0.3, 0.4) is 0 Å². The smallest absolute Gasteiger partial charge is 0.321 e. The summed E-state index contributed by atoms with van der Waals surface area (Å²) in [6, 6.07) is 15.9. The van der Waals surface area contributed by atoms with Gasteiger partial charge in [-0.1, -0.05) is 30.3 Å². The van der Waals surface area contributed by atoms with E-state index in [0.29, 0.717) is 11.7 Å². The highest BCUT2D eigenvalue weighted by Crippen LogP contribution is 2.28. The average Bonchev–Trinajstić information content (AvgIpc) is 3.14. The number of rotatable bonds is 7. The Bertz CT molecular complexity index is 893. The fraction of sp³-hybridized carbons (Fsp3) is 0.238. The van der Waals surface area contributed by atoms with E-state index in [0.717, 1.165) is 35.4 Å². The number of amides is 2. The maximum atomic E-state index is 12.0. The molecule has 0 fully saturated rings. The van der Waals surface area contributed by atoms with Crippen molar-refractivity contribution >= 4 is 22.5 Å². The second kappa shape index (κ2) is 9.19. The average molecular weight is 382 g/mol. The summed E-state index contributed by atoms with van der Waals surface area (Å²) in [6.07, 6.45) is 1.84. The van der Waals surface area contributed by atoms with Gasteiger partial charge in [0.05, 0.1) is 12.8 Å². The first-order chi connectivity index (χ1) is 13.2. The van der Waals surface area contributed by atoms with Gasteiger partial charge in [-0.2, -0.15) is 0 Å². The van der Waals surface area contributed by atoms with Crippen LogP contribution in [0.5, 0.6) is 5.75 Å². The van der Waals surface area contributed by atoms with Crippen molar-refractivity contribution in [2.75, 3.05) is 19.0 Å². The zero-order valence-corrected chi connectivity index (χ0v) is 16.3. The molecule has 3 aromatic rings. The van der Waals surface area contributed by atoms with Crippen LogP contribution in [0.25, 0.3) is 11.3 Å². The molecule has 2 N–H and O–H groups in total. The lowest BCUT2D eigenvalue weighted by atomic mass is 10.1. The van der Waals surface area contributed by atoms with E-state index in [1.54, 1.807) is 7.11 Å². The molecule has 0 aliphatic heterocycles. The van der Waals surface area contributed by atoms with E-state index in [1.807, 2.05) is 48.7 Å². The lowest BCUT2D eigenvalue weighted by molar-refractivity contribution is 0.252. The number of thiazole rings is 1. The third kappa shape index (κ3) is 5.31. The zero-order valence-electron chi connectivity index (χ0n) is 15.5. The van der Waals surface area contributed by atoms with Gasteiger partial charge in [-0.05, 0) is 49.1 Å². The summed E-state index contributed by atoms with van der Waals surface area (Å²) < 4.78 is 5.29. The van der Waals surface area contributed by atoms with E-state index >= 15 is 0 Å². The summed E-state index contributed by atoms with van der Waals surface area (Å²) in [5.41, 5.74) is 4.17. The first kappa shape index (κ1) is 18.9. The Labute approximate surface area is 163 Å². The largest absolute Gasteiger partial charge is 0.496 e. The normalized spacial score (nSPS) is 10.4. The van der Waals surface area contributed by atoms with Gasteiger partial charge in [0, 0.05) is 17.5 Å². The van der Waals surface area contributed by atoms with Crippen molar-refractivity contribution in [2.45, 2.75) is 19.8 Å². The molecule has 5 nitrogen and oxygen atoms in total. The van der Waals surface area contributed by atoms with Crippen LogP contribution in [-0.2, 0) is 6.42 Å². The molecule has 0 aliphatic carbocycles. The number of carbonyl (C=O) groups is 1. The summed E-state index contributed by atoms with van der Waals surface area (Å²) in [6.45, 7) is 2.62. The highest BCUT2D eigenvalue weighted by Gasteiger charge is 2.09. The summed E-state index contributed by atoms with van der Waals surface area (Å²) >= 11 is 1.41. The number of hydrogen-bond acceptors (Lipinski definition) is 4. The maximum Gasteiger partial charge on any atom is 0.321 e. The fourth-order valence-corrected chi connectivity index (χ4v) is 3.50. The summed E-state index contributed by atoms with van der Waals surface area (Å²) in [5, 5.41) is 8.19. The van der Waals surface area contributed by atoms with Crippen LogP contribution < -0.4 is 15.4 Å². The molecule has 6 heteroatoms. The van der Waals surface area contributed by atoms with E-state index in [4.69, 9.17) is 4.74 Å². The first-order valence-corrected chi connectivity index (χ1v) is 9.73. The van der Waals surface area contributed by atoms with Crippen molar-refractivity contribution in [2.24, 2.45) is 0 Å². The maximum absolute atomic E-state index is 12.0. The summed E-state index contributed by atoms with van der Waals surface area (Å²) in [7, 11) is 1.66. The molecule has 0 spiro atoms. The lowest BCUT2D eigenvalue weighted by Gasteiger charge is -2.06. The second-order valence-electron chi connectivity index (χ2n) is 6.19. The first-order valence-electron chi connectivity index (χ1n) is 8.85. The van der Waals surface area contributed by atoms with Gasteiger partial charge in [0.1, 0.15) is 5.75 Å². The number of aryl methyl sites for hydroxylation is 2. The molecule has 3 rings (SSSR count). The number of carbonyl (C=O) groups excluding carboxylic acids is 1. The minimum atomic E-state index is -0.227. The molecular formula is C21H23N3O2S. The number of nitrogens with zero attached hydrogens (tertiary/aromatic N) is 1. The Hall–Kier alpha value is -2.86. The van der Waals surface area contributed by atoms with Gasteiger partial charge in [0.15, 0.2) is 5.13 Å². The van der Waals surface area contributed by atoms with Crippen LogP contribution in [0.4, 0.5) is 9.93 Å². The molecule has 0 bridgehead atoms. The number of benzene rings is 2. The Balaban J connectivity index is 1.48. The Morgan fingerprint density at radius 2 is 2.00 bits per heavy atom. The molecule has 1 heterocycles. The number of ether oxygens (including phenoxy) is 1. The lowest BCUT2D eigenvalue weighted by Crippen LogP contribution is -2.29. The second-order valence-corrected chi connectivity index (χ2v) is 7.05. The van der Waals surface area contributed by atoms with Crippen molar-refractivity contribution in [1.29, 1.82) is 0 Å². The Morgan fingerprint density at radius 3 is 2.74 bits per heavy atom. The molecule has 1 aromatic heterocycles. The van der Waals surface area contributed by atoms with Gasteiger partial charge in [-0.3, -0.25) is 5.32 Å². The predicted octanol–water partition coefficient (Wildman–Crippen LogP) is 4.88. The predicted molar refractivity (Wildman–Crippen MR) is 111 cm³/mol. The fourth-order valence-electron chi connectivity index (χ4n) is 2.78. The standard InChI is InChI=1S/C21H23N3O2S/c1-15-13-17(10-11-19(15)26-2)18-14-27-21(23-18)24-20(25)22-12-6-9-16-7-4-3-5-8-16/h3-5,7-8,10-11,13-14H,6,9,12H2,1-2H3,(H2,22,23,24,25). The van der Waals surface area contributed by atoms with Gasteiger partial charge in [0.25, 0.3) is 0 Å². The van der Waals surface area contributed by atoms with Crippen molar-refractivity contribution in [3.8, 4) is 17.0 Å². The van der Waals surface area contributed by atoms with E-state index < -0.39 is 0 Å². The van der Waals surface area contributed by atoms with Crippen molar-refractivity contribution < 1.29 is 9.53 Å². The van der Waals surface area contributed by atoms with E-state index in [-0.39, 0.29) is 6.03 Å². The molecule has 0 radical (unpaired) electrons. The number of anilines is 1. The summed E-state index contributed by atoms with van der Waals surface area (Å²) in [4.78, 5) is 16.5. The number of nitrogens with one attached hydrogen (secondary N) is 2. The molecule has 0 aliphatic rings. The van der Waals surface area contributed by atoms with Crippen LogP contribution in [-0.4, -0.2) is 24.7 Å². The SMILES string of the molecule is COc1ccc(-c2csc(NC(=O)NCCCc3ccccc3)n2)cc1C. The monoisotopic (exact) mass is 381 g/mol. The minimum Gasteiger partial charge on any atom is -0.496 e. The molecule has 2 amide bonds. The number of hydrogen-bond donors (Lipinski definition) is 2. The number of aromatic nitrogens is 1. The molecule has 0 saturated heterocycles. The molecule has 27 heavy (non-hydrogen) atoms. The van der Waals surface area contributed by atoms with Gasteiger partial charge in [0.2, 0.25) is 0 Å². The molecular weight excluding hydrogens is 358 g/mol. The van der Waals surface area contributed by atoms with Crippen LogP contribution in [0.15, 0.2) is 53.9 Å². The minimum absolute atomic E-state index is 0.227. The molecule has 0 atom stereocenters. The third-order valence-corrected chi connectivity index (χ3v) is 4.94. The molecule has 0 saturated carbocycles. The number of urea groups is 1. The van der Waals surface area contributed by atoms with Gasteiger partial charge in [-0.15, -0.1) is 11.3 Å². The van der Waals surface area contributed by atoms with E-state index in [1.165, 1.54) is 16.9 Å². The topological polar surface area (TPSA) is 63.2 Å². The van der Waals surface area contributed by atoms with Crippen LogP contribution in [0.1, 0.15) is 17.5 Å². The van der Waals surface area contributed by atoms with Crippen LogP contribution in [0.2, 0.25) is 0 Å².